The third kappa shape index (κ3) is 4.53. The first-order chi connectivity index (χ1) is 13.0. The number of imide groups is 1. The lowest BCUT2D eigenvalue weighted by Gasteiger charge is -2.28. The molecule has 0 aliphatic heterocycles. The van der Waals surface area contributed by atoms with Gasteiger partial charge in [-0.3, -0.25) is 9.59 Å². The molecule has 1 aliphatic carbocycles. The van der Waals surface area contributed by atoms with Crippen LogP contribution in [0.15, 0.2) is 42.5 Å². The molecule has 27 heavy (non-hydrogen) atoms. The summed E-state index contributed by atoms with van der Waals surface area (Å²) in [7, 11) is 0. The van der Waals surface area contributed by atoms with Crippen molar-refractivity contribution >= 4 is 22.6 Å². The highest BCUT2D eigenvalue weighted by Crippen LogP contribution is 2.27. The van der Waals surface area contributed by atoms with Gasteiger partial charge in [-0.1, -0.05) is 62.4 Å². The summed E-state index contributed by atoms with van der Waals surface area (Å²) in [6, 6.07) is 12.0. The number of benzene rings is 2. The lowest BCUT2D eigenvalue weighted by Crippen LogP contribution is -2.53. The van der Waals surface area contributed by atoms with Crippen LogP contribution < -0.4 is 11.6 Å². The quantitative estimate of drug-likeness (QED) is 0.426. The molecule has 2 amide bonds. The monoisotopic (exact) mass is 369 g/mol. The van der Waals surface area contributed by atoms with Gasteiger partial charge >= 0.3 is 0 Å². The number of hydrogen-bond acceptors (Lipinski definition) is 5. The van der Waals surface area contributed by atoms with Crippen molar-refractivity contribution in [1.82, 2.24) is 5.01 Å². The molecular weight excluding hydrogens is 342 g/mol. The van der Waals surface area contributed by atoms with E-state index >= 15 is 0 Å². The van der Waals surface area contributed by atoms with Crippen molar-refractivity contribution in [2.75, 3.05) is 0 Å². The Kier molecular flexibility index (Phi) is 6.21. The van der Waals surface area contributed by atoms with Gasteiger partial charge in [-0.2, -0.15) is 0 Å². The zero-order valence-electron chi connectivity index (χ0n) is 15.4. The van der Waals surface area contributed by atoms with Crippen molar-refractivity contribution in [2.24, 2.45) is 17.5 Å². The number of carbonyl (C=O) groups excluding carboxylic acids is 2. The molecule has 0 bridgehead atoms. The summed E-state index contributed by atoms with van der Waals surface area (Å²) in [4.78, 5) is 25.0. The molecule has 0 aromatic heterocycles. The first-order valence-corrected chi connectivity index (χ1v) is 9.53. The highest BCUT2D eigenvalue weighted by molar-refractivity contribution is 6.07. The van der Waals surface area contributed by atoms with Crippen LogP contribution in [0.25, 0.3) is 10.8 Å². The fourth-order valence-corrected chi connectivity index (χ4v) is 3.82. The van der Waals surface area contributed by atoms with E-state index < -0.39 is 24.0 Å². The van der Waals surface area contributed by atoms with Crippen molar-refractivity contribution in [3.05, 3.63) is 48.0 Å². The second-order valence-corrected chi connectivity index (χ2v) is 7.42. The maximum Gasteiger partial charge on any atom is 0.274 e. The molecular formula is C21H27N3O3. The predicted octanol–water partition coefficient (Wildman–Crippen LogP) is 2.34. The molecule has 6 heteroatoms. The fourth-order valence-electron chi connectivity index (χ4n) is 3.82. The number of aliphatic hydroxyl groups excluding tert-OH is 1. The summed E-state index contributed by atoms with van der Waals surface area (Å²) in [5, 5.41) is 12.6. The summed E-state index contributed by atoms with van der Waals surface area (Å²) in [5.74, 6) is 4.62. The number of hydrazine groups is 1. The van der Waals surface area contributed by atoms with E-state index in [9.17, 15) is 14.7 Å². The number of hydrogen-bond donors (Lipinski definition) is 3. The van der Waals surface area contributed by atoms with Crippen LogP contribution in [0.2, 0.25) is 0 Å². The predicted molar refractivity (Wildman–Crippen MR) is 104 cm³/mol. The average molecular weight is 369 g/mol. The summed E-state index contributed by atoms with van der Waals surface area (Å²) in [6.07, 6.45) is 4.75. The van der Waals surface area contributed by atoms with Crippen LogP contribution in [0.5, 0.6) is 0 Å². The van der Waals surface area contributed by atoms with Gasteiger partial charge in [0.1, 0.15) is 6.10 Å². The van der Waals surface area contributed by atoms with Gasteiger partial charge in [0.25, 0.3) is 11.8 Å². The highest BCUT2D eigenvalue weighted by Gasteiger charge is 2.32. The molecule has 2 atom stereocenters. The van der Waals surface area contributed by atoms with Crippen LogP contribution in [0, 0.1) is 5.92 Å². The Morgan fingerprint density at radius 2 is 1.74 bits per heavy atom. The van der Waals surface area contributed by atoms with Gasteiger partial charge in [-0.25, -0.2) is 10.9 Å². The summed E-state index contributed by atoms with van der Waals surface area (Å²) < 4.78 is 0. The molecule has 1 unspecified atom stereocenters. The second kappa shape index (κ2) is 8.61. The maximum atomic E-state index is 12.6. The Morgan fingerprint density at radius 1 is 1.07 bits per heavy atom. The van der Waals surface area contributed by atoms with E-state index in [-0.39, 0.29) is 5.56 Å². The number of nitrogens with two attached hydrogens (primary N) is 2. The minimum absolute atomic E-state index is 0.289. The number of aliphatic hydroxyl groups is 1. The molecule has 5 N–H and O–H groups in total. The van der Waals surface area contributed by atoms with Crippen LogP contribution in [0.4, 0.5) is 0 Å². The molecule has 6 nitrogen and oxygen atoms in total. The Bertz CT molecular complexity index is 817. The van der Waals surface area contributed by atoms with Crippen molar-refractivity contribution in [2.45, 2.75) is 50.7 Å². The summed E-state index contributed by atoms with van der Waals surface area (Å²) in [5.41, 5.74) is 6.33. The van der Waals surface area contributed by atoms with Crippen LogP contribution in [0.1, 0.15) is 48.9 Å². The molecule has 0 heterocycles. The standard InChI is InChI=1S/C21H27N3O3/c22-18(12-14-6-2-1-3-7-14)19(25)21(27)24(23)20(26)17-11-10-15-8-4-5-9-16(15)13-17/h4-5,8-11,13-14,18-19,25H,1-3,6-7,12,22-23H2/t18-,19?/m1/s1. The van der Waals surface area contributed by atoms with E-state index in [2.05, 4.69) is 0 Å². The van der Waals surface area contributed by atoms with E-state index in [1.807, 2.05) is 24.3 Å². The lowest BCUT2D eigenvalue weighted by atomic mass is 9.84. The number of nitrogens with zero attached hydrogens (tertiary/aromatic N) is 1. The largest absolute Gasteiger partial charge is 0.382 e. The Hall–Kier alpha value is -2.28. The minimum atomic E-state index is -1.48. The van der Waals surface area contributed by atoms with E-state index in [0.717, 1.165) is 36.5 Å². The van der Waals surface area contributed by atoms with Crippen LogP contribution in [-0.4, -0.2) is 34.1 Å². The average Bonchev–Trinajstić information content (AvgIpc) is 2.71. The van der Waals surface area contributed by atoms with Gasteiger partial charge in [0.2, 0.25) is 0 Å². The topological polar surface area (TPSA) is 110 Å². The molecule has 1 aliphatic rings. The van der Waals surface area contributed by atoms with Gasteiger partial charge in [0.15, 0.2) is 0 Å². The summed E-state index contributed by atoms with van der Waals surface area (Å²) in [6.45, 7) is 0. The van der Waals surface area contributed by atoms with Crippen molar-refractivity contribution in [3.8, 4) is 0 Å². The van der Waals surface area contributed by atoms with Gasteiger partial charge < -0.3 is 10.8 Å². The first-order valence-electron chi connectivity index (χ1n) is 9.53. The van der Waals surface area contributed by atoms with Gasteiger partial charge in [0.05, 0.1) is 0 Å². The molecule has 1 saturated carbocycles. The lowest BCUT2D eigenvalue weighted by molar-refractivity contribution is -0.138. The molecule has 0 spiro atoms. The molecule has 2 aromatic carbocycles. The van der Waals surface area contributed by atoms with Crippen molar-refractivity contribution in [1.29, 1.82) is 0 Å². The third-order valence-electron chi connectivity index (χ3n) is 5.44. The molecule has 1 fully saturated rings. The zero-order chi connectivity index (χ0) is 19.4. The molecule has 3 rings (SSSR count). The summed E-state index contributed by atoms with van der Waals surface area (Å²) >= 11 is 0. The normalized spacial score (nSPS) is 17.4. The van der Waals surface area contributed by atoms with Crippen LogP contribution >= 0.6 is 0 Å². The SMILES string of the molecule is N[C@H](CC1CCCCC1)C(O)C(=O)N(N)C(=O)c1ccc2ccccc2c1. The Labute approximate surface area is 159 Å². The molecule has 144 valence electrons. The Morgan fingerprint density at radius 3 is 2.44 bits per heavy atom. The minimum Gasteiger partial charge on any atom is -0.382 e. The van der Waals surface area contributed by atoms with Crippen molar-refractivity contribution in [3.63, 3.8) is 0 Å². The maximum absolute atomic E-state index is 12.6. The zero-order valence-corrected chi connectivity index (χ0v) is 15.4. The third-order valence-corrected chi connectivity index (χ3v) is 5.44. The molecule has 2 aromatic rings. The molecule has 0 radical (unpaired) electrons. The van der Waals surface area contributed by atoms with Crippen molar-refractivity contribution < 1.29 is 14.7 Å². The van der Waals surface area contributed by atoms with E-state index in [4.69, 9.17) is 11.6 Å². The van der Waals surface area contributed by atoms with Crippen LogP contribution in [-0.2, 0) is 4.79 Å². The first kappa shape index (κ1) is 19.5. The Balaban J connectivity index is 1.66. The van der Waals surface area contributed by atoms with Gasteiger partial charge in [-0.05, 0) is 35.2 Å². The smallest absolute Gasteiger partial charge is 0.274 e. The van der Waals surface area contributed by atoms with Gasteiger partial charge in [0, 0.05) is 11.6 Å². The van der Waals surface area contributed by atoms with Crippen LogP contribution in [0.3, 0.4) is 0 Å². The number of carbonyl (C=O) groups is 2. The number of rotatable bonds is 5. The second-order valence-electron chi connectivity index (χ2n) is 7.42. The number of fused-ring (bicyclic) bond motifs is 1. The highest BCUT2D eigenvalue weighted by atomic mass is 16.3. The van der Waals surface area contributed by atoms with E-state index in [0.29, 0.717) is 17.3 Å². The van der Waals surface area contributed by atoms with E-state index in [1.165, 1.54) is 6.42 Å². The number of amides is 2. The van der Waals surface area contributed by atoms with Gasteiger partial charge in [-0.15, -0.1) is 0 Å². The van der Waals surface area contributed by atoms with E-state index in [1.54, 1.807) is 18.2 Å². The molecule has 0 saturated heterocycles. The fraction of sp³-hybridized carbons (Fsp3) is 0.429.